The molecule has 0 bridgehead atoms. The third-order valence-corrected chi connectivity index (χ3v) is 28.2. The quantitative estimate of drug-likeness (QED) is 0.127. The van der Waals surface area contributed by atoms with Crippen LogP contribution in [0.1, 0.15) is 47.7 Å². The van der Waals surface area contributed by atoms with Crippen molar-refractivity contribution in [3.8, 4) is 0 Å². The van der Waals surface area contributed by atoms with Gasteiger partial charge in [-0.25, -0.2) is 4.57 Å². The Morgan fingerprint density at radius 3 is 0.744 bits per heavy atom. The molecule has 0 saturated carbocycles. The molecule has 6 heteroatoms. The van der Waals surface area contributed by atoms with E-state index in [0.717, 1.165) is 0 Å². The molecule has 34 rings (SSSR count). The molecule has 2 spiro atoms. The summed E-state index contributed by atoms with van der Waals surface area (Å²) in [6, 6.07) is 11.2. The molecule has 340 valence electrons. The molecule has 1 saturated heterocycles. The maximum absolute atomic E-state index is 16.0. The fraction of sp³-hybridized carbons (Fsp3) is 0.111. The molecule has 0 unspecified atom stereocenters. The van der Waals surface area contributed by atoms with Gasteiger partial charge in [-0.3, -0.25) is 18.9 Å². The van der Waals surface area contributed by atoms with E-state index in [-0.39, 0.29) is 19.3 Å². The fourth-order valence-electron chi connectivity index (χ4n) is 26.4. The molecule has 1 N–H and O–H groups in total. The smallest absolute Gasteiger partial charge is 0.287 e. The van der Waals surface area contributed by atoms with Crippen LogP contribution in [-0.4, -0.2) is 19.4 Å². The molecule has 0 radical (unpaired) electrons. The molecule has 29 aromatic rings. The predicted octanol–water partition coefficient (Wildman–Crippen LogP) is 19.2. The fourth-order valence-corrected chi connectivity index (χ4v) is 27.7. The van der Waals surface area contributed by atoms with Gasteiger partial charge in [-0.2, -0.15) is 0 Å². The van der Waals surface area contributed by atoms with Crippen LogP contribution in [-0.2, 0) is 29.0 Å². The number of benzene rings is 19. The van der Waals surface area contributed by atoms with Gasteiger partial charge in [0.15, 0.2) is 0 Å². The number of hydrogen-bond acceptors (Lipinski definition) is 5. The van der Waals surface area contributed by atoms with Crippen LogP contribution in [0.25, 0.3) is 291 Å². The highest BCUT2D eigenvalue weighted by molar-refractivity contribution is 7.48. The van der Waals surface area contributed by atoms with Crippen LogP contribution < -0.4 is 5.32 Å². The van der Waals surface area contributed by atoms with E-state index >= 15 is 4.57 Å². The second-order valence-electron chi connectivity index (χ2n) is 27.1. The maximum Gasteiger partial charge on any atom is 0.476 e. The van der Waals surface area contributed by atoms with Gasteiger partial charge >= 0.3 is 7.82 Å². The summed E-state index contributed by atoms with van der Waals surface area (Å²) in [5, 5.41) is 88.5. The molecule has 1 fully saturated rings. The largest absolute Gasteiger partial charge is 0.476 e. The van der Waals surface area contributed by atoms with Crippen LogP contribution in [0.4, 0.5) is 0 Å². The van der Waals surface area contributed by atoms with Gasteiger partial charge in [0.25, 0.3) is 0 Å². The summed E-state index contributed by atoms with van der Waals surface area (Å²) in [7, 11) is -4.18. The molecular formula is C72H18NO4P. The molecule has 5 nitrogen and oxygen atoms in total. The van der Waals surface area contributed by atoms with Crippen molar-refractivity contribution >= 4 is 299 Å². The highest BCUT2D eigenvalue weighted by Crippen LogP contribution is 2.87. The normalized spacial score (nSPS) is 23.6. The van der Waals surface area contributed by atoms with Crippen molar-refractivity contribution in [2.45, 2.75) is 36.9 Å². The standard InChI is InChI=1S/C72H18NO4P/c1-3-75-78(74,76-4-2)77-70-72-67-61-55-45-37-27-19-15-12-11-13-17(19)25-33(27)47(55)53-43-35(25)29-21(13)22-14(11)18-20-16(12)24-23(15)31(37)41-42-32(24)38-28(20)34-26(18)36-30(22)40-39(29)49(43)57-58-50(40)44(36)54-48(34)56-46(38)52(42)64(63(67)51(41)45)68(72)62(56)60(54)66(58)71(72,65(57)59(53)61)69(73-70)10-8-6-5-7-9-10/h5-9,69-70,73H,3-4H2,1-2H3/t69-,70+,71?,72?/m0/s1. The predicted molar refractivity (Wildman–Crippen MR) is 322 cm³/mol. The Kier molecular flexibility index (Phi) is 3.10. The van der Waals surface area contributed by atoms with Gasteiger partial charge in [0.05, 0.1) is 24.0 Å². The van der Waals surface area contributed by atoms with Crippen molar-refractivity contribution in [1.29, 1.82) is 0 Å². The molecule has 0 amide bonds. The summed E-state index contributed by atoms with van der Waals surface area (Å²) in [6.07, 6.45) is -0.776. The minimum Gasteiger partial charge on any atom is -0.287 e. The Morgan fingerprint density at radius 1 is 0.321 bits per heavy atom. The Balaban J connectivity index is 1.09. The zero-order chi connectivity index (χ0) is 47.5. The molecule has 0 aromatic heterocycles. The van der Waals surface area contributed by atoms with Crippen molar-refractivity contribution < 1.29 is 18.1 Å². The van der Waals surface area contributed by atoms with E-state index in [9.17, 15) is 0 Å². The summed E-state index contributed by atoms with van der Waals surface area (Å²) in [6.45, 7) is 4.29. The number of hydrogen-bond donors (Lipinski definition) is 1. The molecule has 1 heterocycles. The minimum absolute atomic E-state index is 0.218. The van der Waals surface area contributed by atoms with E-state index in [4.69, 9.17) is 13.6 Å². The van der Waals surface area contributed by atoms with Crippen molar-refractivity contribution in [1.82, 2.24) is 5.32 Å². The number of phosphoric ester groups is 1. The first-order valence-electron chi connectivity index (χ1n) is 28.8. The summed E-state index contributed by atoms with van der Waals surface area (Å²) in [5.74, 6) is 0. The molecule has 4 aliphatic carbocycles. The summed E-state index contributed by atoms with van der Waals surface area (Å²) >= 11 is 0. The zero-order valence-electron chi connectivity index (χ0n) is 40.5. The van der Waals surface area contributed by atoms with Gasteiger partial charge in [0.2, 0.25) is 0 Å². The zero-order valence-corrected chi connectivity index (χ0v) is 41.4. The molecule has 2 atom stereocenters. The lowest BCUT2D eigenvalue weighted by Gasteiger charge is -2.53. The van der Waals surface area contributed by atoms with Crippen LogP contribution in [0.5, 0.6) is 0 Å². The molecule has 5 aliphatic rings. The Hall–Kier alpha value is -8.25. The lowest BCUT2D eigenvalue weighted by atomic mass is 9.47. The van der Waals surface area contributed by atoms with E-state index < -0.39 is 24.9 Å². The highest BCUT2D eigenvalue weighted by Gasteiger charge is 2.79. The first-order valence-corrected chi connectivity index (χ1v) is 30.3. The van der Waals surface area contributed by atoms with E-state index in [1.165, 1.54) is 114 Å². The van der Waals surface area contributed by atoms with E-state index in [1.54, 1.807) is 205 Å². The van der Waals surface area contributed by atoms with Crippen molar-refractivity contribution in [3.05, 3.63) is 58.1 Å². The third-order valence-electron chi connectivity index (χ3n) is 26.5. The number of rotatable bonds is 7. The number of phosphoric acid groups is 1. The third kappa shape index (κ3) is 1.83. The van der Waals surface area contributed by atoms with Gasteiger partial charge in [-0.15, -0.1) is 0 Å². The van der Waals surface area contributed by atoms with Gasteiger partial charge in [0, 0.05) is 6.04 Å². The van der Waals surface area contributed by atoms with Crippen LogP contribution in [0, 0.1) is 0 Å². The van der Waals surface area contributed by atoms with E-state index in [1.807, 2.05) is 13.8 Å². The van der Waals surface area contributed by atoms with Crippen LogP contribution in [0.15, 0.2) is 30.3 Å². The maximum atomic E-state index is 16.0. The molecule has 78 heavy (non-hydrogen) atoms. The Labute approximate surface area is 428 Å². The van der Waals surface area contributed by atoms with E-state index in [2.05, 4.69) is 35.6 Å². The number of nitrogens with one attached hydrogen (secondary N) is 1. The van der Waals surface area contributed by atoms with Crippen LogP contribution in [0.3, 0.4) is 0 Å². The van der Waals surface area contributed by atoms with Gasteiger partial charge in [0.1, 0.15) is 6.23 Å². The molecular weight excluding hydrogens is 974 g/mol. The SMILES string of the molecule is CCOP(=O)(OCC)O[C@H]1N[C@@H](c2ccccc2)C23c4c5c6c7c8c9c(c%10c%11c2c2c4c4c%12c5c5c6c6c8c8c%13c9c9c%10c%10c%11c%11c2c2c4c4c%12c%12c5c5c6c8c6c8c%13c9c9c%10c%10c%11c2c2c4c4c%12c5c6c5c8c9c%10c2c45)C713. The second kappa shape index (κ2) is 7.60. The summed E-state index contributed by atoms with van der Waals surface area (Å²) < 4.78 is 36.6. The highest BCUT2D eigenvalue weighted by atomic mass is 31.2. The second-order valence-corrected chi connectivity index (χ2v) is 28.8. The average Bonchev–Trinajstić information content (AvgIpc) is 1.79. The van der Waals surface area contributed by atoms with Gasteiger partial charge < -0.3 is 0 Å². The topological polar surface area (TPSA) is 56.8 Å². The van der Waals surface area contributed by atoms with Crippen molar-refractivity contribution in [2.75, 3.05) is 13.2 Å². The van der Waals surface area contributed by atoms with E-state index in [0.29, 0.717) is 0 Å². The van der Waals surface area contributed by atoms with Crippen LogP contribution >= 0.6 is 7.82 Å². The van der Waals surface area contributed by atoms with Gasteiger partial charge in [-0.1, -0.05) is 30.3 Å². The van der Waals surface area contributed by atoms with Crippen molar-refractivity contribution in [2.24, 2.45) is 0 Å². The van der Waals surface area contributed by atoms with Crippen molar-refractivity contribution in [3.63, 3.8) is 0 Å². The lowest BCUT2D eigenvalue weighted by molar-refractivity contribution is 0.0483. The monoisotopic (exact) mass is 991 g/mol. The summed E-state index contributed by atoms with van der Waals surface area (Å²) in [5.41, 5.74) is 5.64. The summed E-state index contributed by atoms with van der Waals surface area (Å²) in [4.78, 5) is 0. The van der Waals surface area contributed by atoms with Crippen LogP contribution in [0.2, 0.25) is 0 Å². The minimum atomic E-state index is -4.18. The Morgan fingerprint density at radius 2 is 0.526 bits per heavy atom. The average molecular weight is 992 g/mol. The first kappa shape index (κ1) is 31.8. The Bertz CT molecular complexity index is 7490. The lowest BCUT2D eigenvalue weighted by Crippen LogP contribution is -2.55. The first-order chi connectivity index (χ1) is 38.7. The molecule has 29 aromatic carbocycles. The molecule has 1 aliphatic heterocycles. The van der Waals surface area contributed by atoms with Gasteiger partial charge in [-0.05, 0) is 333 Å².